The Balaban J connectivity index is 2.53. The van der Waals surface area contributed by atoms with Gasteiger partial charge in [-0.25, -0.2) is 0 Å². The van der Waals surface area contributed by atoms with E-state index in [0.717, 1.165) is 0 Å². The maximum absolute atomic E-state index is 11.2. The lowest BCUT2D eigenvalue weighted by Crippen LogP contribution is -2.28. The van der Waals surface area contributed by atoms with Crippen LogP contribution >= 0.6 is 0 Å². The smallest absolute Gasteiger partial charge is 0.244 e. The minimum Gasteiger partial charge on any atom is -0.459 e. The summed E-state index contributed by atoms with van der Waals surface area (Å²) < 4.78 is 5.17. The second-order valence-electron chi connectivity index (χ2n) is 3.46. The van der Waals surface area contributed by atoms with Crippen molar-refractivity contribution in [3.05, 3.63) is 29.7 Å². The lowest BCUT2D eigenvalue weighted by molar-refractivity contribution is -0.116. The zero-order valence-electron chi connectivity index (χ0n) is 8.86. The van der Waals surface area contributed by atoms with Gasteiger partial charge < -0.3 is 14.8 Å². The van der Waals surface area contributed by atoms with E-state index in [9.17, 15) is 4.79 Å². The Morgan fingerprint density at radius 3 is 2.87 bits per heavy atom. The summed E-state index contributed by atoms with van der Waals surface area (Å²) in [6.07, 6.45) is 2.97. The molecular formula is C11H15NO3. The van der Waals surface area contributed by atoms with Crippen LogP contribution in [-0.2, 0) is 11.4 Å². The van der Waals surface area contributed by atoms with Crippen molar-refractivity contribution in [1.82, 2.24) is 5.32 Å². The van der Waals surface area contributed by atoms with E-state index in [-0.39, 0.29) is 18.6 Å². The number of aliphatic hydroxyl groups excluding tert-OH is 1. The summed E-state index contributed by atoms with van der Waals surface area (Å²) in [5.41, 5.74) is 0. The first-order chi connectivity index (χ1) is 7.11. The van der Waals surface area contributed by atoms with Crippen LogP contribution in [0, 0.1) is 0 Å². The molecule has 0 fully saturated rings. The van der Waals surface area contributed by atoms with Gasteiger partial charge in [0, 0.05) is 12.1 Å². The van der Waals surface area contributed by atoms with Crippen LogP contribution in [0.4, 0.5) is 0 Å². The molecule has 0 atom stereocenters. The van der Waals surface area contributed by atoms with Gasteiger partial charge in [0.25, 0.3) is 0 Å². The van der Waals surface area contributed by atoms with Gasteiger partial charge in [-0.2, -0.15) is 0 Å². The molecule has 4 heteroatoms. The third-order valence-electron chi connectivity index (χ3n) is 1.67. The molecule has 1 heterocycles. The van der Waals surface area contributed by atoms with Crippen molar-refractivity contribution in [2.75, 3.05) is 0 Å². The maximum atomic E-state index is 11.2. The normalized spacial score (nSPS) is 11.2. The Hall–Kier alpha value is -1.55. The van der Waals surface area contributed by atoms with Crippen LogP contribution < -0.4 is 5.32 Å². The first-order valence-electron chi connectivity index (χ1n) is 4.80. The molecule has 1 aromatic rings. The highest BCUT2D eigenvalue weighted by Gasteiger charge is 2.00. The fraction of sp³-hybridized carbons (Fsp3) is 0.364. The van der Waals surface area contributed by atoms with Gasteiger partial charge >= 0.3 is 0 Å². The number of carbonyl (C=O) groups is 1. The first-order valence-corrected chi connectivity index (χ1v) is 4.80. The largest absolute Gasteiger partial charge is 0.459 e. The van der Waals surface area contributed by atoms with Gasteiger partial charge in [0.15, 0.2) is 0 Å². The number of hydrogen-bond donors (Lipinski definition) is 2. The second kappa shape index (κ2) is 5.36. The Morgan fingerprint density at radius 1 is 1.60 bits per heavy atom. The highest BCUT2D eigenvalue weighted by molar-refractivity contribution is 5.91. The molecule has 1 rings (SSSR count). The molecule has 2 N–H and O–H groups in total. The first kappa shape index (κ1) is 11.5. The molecule has 1 amide bonds. The summed E-state index contributed by atoms with van der Waals surface area (Å²) in [6, 6.07) is 3.48. The number of carbonyl (C=O) groups excluding carboxylic acids is 1. The SMILES string of the molecule is CC(C)NC(=O)C=Cc1ccc(CO)o1. The molecule has 1 aromatic heterocycles. The van der Waals surface area contributed by atoms with Gasteiger partial charge in [0.05, 0.1) is 0 Å². The summed E-state index contributed by atoms with van der Waals surface area (Å²) in [5.74, 6) is 0.879. The van der Waals surface area contributed by atoms with Crippen LogP contribution in [0.3, 0.4) is 0 Å². The van der Waals surface area contributed by atoms with Crippen LogP contribution in [0.15, 0.2) is 22.6 Å². The van der Waals surface area contributed by atoms with Crippen LogP contribution in [0.2, 0.25) is 0 Å². The average Bonchev–Trinajstić information content (AvgIpc) is 2.61. The number of furan rings is 1. The van der Waals surface area contributed by atoms with E-state index in [1.54, 1.807) is 18.2 Å². The zero-order chi connectivity index (χ0) is 11.3. The van der Waals surface area contributed by atoms with Crippen LogP contribution in [-0.4, -0.2) is 17.1 Å². The molecular weight excluding hydrogens is 194 g/mol. The molecule has 0 aromatic carbocycles. The van der Waals surface area contributed by atoms with Gasteiger partial charge in [-0.15, -0.1) is 0 Å². The highest BCUT2D eigenvalue weighted by Crippen LogP contribution is 2.08. The lowest BCUT2D eigenvalue weighted by atomic mass is 10.3. The van der Waals surface area contributed by atoms with Gasteiger partial charge in [-0.1, -0.05) is 0 Å². The van der Waals surface area contributed by atoms with E-state index in [4.69, 9.17) is 9.52 Å². The van der Waals surface area contributed by atoms with Crippen molar-refractivity contribution in [3.8, 4) is 0 Å². The van der Waals surface area contributed by atoms with Gasteiger partial charge in [0.1, 0.15) is 18.1 Å². The van der Waals surface area contributed by atoms with Crippen LogP contribution in [0.25, 0.3) is 6.08 Å². The average molecular weight is 209 g/mol. The van der Waals surface area contributed by atoms with Crippen molar-refractivity contribution in [2.24, 2.45) is 0 Å². The van der Waals surface area contributed by atoms with Crippen molar-refractivity contribution < 1.29 is 14.3 Å². The van der Waals surface area contributed by atoms with Gasteiger partial charge in [0.2, 0.25) is 5.91 Å². The quantitative estimate of drug-likeness (QED) is 0.735. The minimum absolute atomic E-state index is 0.117. The van der Waals surface area contributed by atoms with Crippen molar-refractivity contribution in [1.29, 1.82) is 0 Å². The van der Waals surface area contributed by atoms with E-state index < -0.39 is 0 Å². The molecule has 0 spiro atoms. The summed E-state index contributed by atoms with van der Waals surface area (Å²) in [7, 11) is 0. The topological polar surface area (TPSA) is 62.5 Å². The lowest BCUT2D eigenvalue weighted by Gasteiger charge is -2.03. The zero-order valence-corrected chi connectivity index (χ0v) is 8.86. The third-order valence-corrected chi connectivity index (χ3v) is 1.67. The Morgan fingerprint density at radius 2 is 2.33 bits per heavy atom. The molecule has 0 radical (unpaired) electrons. The fourth-order valence-electron chi connectivity index (χ4n) is 1.06. The van der Waals surface area contributed by atoms with E-state index in [1.807, 2.05) is 13.8 Å². The Labute approximate surface area is 88.6 Å². The van der Waals surface area contributed by atoms with Crippen molar-refractivity contribution >= 4 is 12.0 Å². The number of amides is 1. The summed E-state index contributed by atoms with van der Waals surface area (Å²) in [5, 5.41) is 11.5. The van der Waals surface area contributed by atoms with E-state index in [1.165, 1.54) is 6.08 Å². The molecule has 82 valence electrons. The molecule has 4 nitrogen and oxygen atoms in total. The standard InChI is InChI=1S/C11H15NO3/c1-8(2)12-11(14)6-5-9-3-4-10(7-13)15-9/h3-6,8,13H,7H2,1-2H3,(H,12,14). The van der Waals surface area contributed by atoms with E-state index in [2.05, 4.69) is 5.32 Å². The van der Waals surface area contributed by atoms with E-state index in [0.29, 0.717) is 11.5 Å². The number of rotatable bonds is 4. The Kier molecular flexibility index (Phi) is 4.12. The van der Waals surface area contributed by atoms with Crippen molar-refractivity contribution in [2.45, 2.75) is 26.5 Å². The van der Waals surface area contributed by atoms with Crippen LogP contribution in [0.1, 0.15) is 25.4 Å². The second-order valence-corrected chi connectivity index (χ2v) is 3.46. The summed E-state index contributed by atoms with van der Waals surface area (Å²) in [4.78, 5) is 11.2. The molecule has 0 aliphatic rings. The number of hydrogen-bond acceptors (Lipinski definition) is 3. The van der Waals surface area contributed by atoms with Gasteiger partial charge in [-0.3, -0.25) is 4.79 Å². The molecule has 0 saturated carbocycles. The molecule has 0 bridgehead atoms. The summed E-state index contributed by atoms with van der Waals surface area (Å²) >= 11 is 0. The predicted octanol–water partition coefficient (Wildman–Crippen LogP) is 1.31. The maximum Gasteiger partial charge on any atom is 0.244 e. The van der Waals surface area contributed by atoms with Crippen LogP contribution in [0.5, 0.6) is 0 Å². The molecule has 0 aliphatic carbocycles. The monoisotopic (exact) mass is 209 g/mol. The molecule has 0 saturated heterocycles. The number of nitrogens with one attached hydrogen (secondary N) is 1. The van der Waals surface area contributed by atoms with E-state index >= 15 is 0 Å². The summed E-state index contributed by atoms with van der Waals surface area (Å²) in [6.45, 7) is 3.65. The van der Waals surface area contributed by atoms with Crippen molar-refractivity contribution in [3.63, 3.8) is 0 Å². The van der Waals surface area contributed by atoms with Gasteiger partial charge in [-0.05, 0) is 32.1 Å². The minimum atomic E-state index is -0.160. The molecule has 0 aliphatic heterocycles. The molecule has 0 unspecified atom stereocenters. The Bertz CT molecular complexity index is 352. The molecule has 15 heavy (non-hydrogen) atoms. The third kappa shape index (κ3) is 3.99. The predicted molar refractivity (Wildman–Crippen MR) is 56.9 cm³/mol. The number of aliphatic hydroxyl groups is 1. The fourth-order valence-corrected chi connectivity index (χ4v) is 1.06. The highest BCUT2D eigenvalue weighted by atomic mass is 16.4.